The zero-order chi connectivity index (χ0) is 13.0. The number of hydrogen-bond acceptors (Lipinski definition) is 4. The molecule has 96 valence electrons. The Morgan fingerprint density at radius 3 is 2.94 bits per heavy atom. The highest BCUT2D eigenvalue weighted by Gasteiger charge is 2.08. The number of H-pyrrole nitrogens is 1. The van der Waals surface area contributed by atoms with Crippen LogP contribution in [-0.4, -0.2) is 22.4 Å². The largest absolute Gasteiger partial charge is 0.503 e. The topological polar surface area (TPSA) is 70.2 Å². The van der Waals surface area contributed by atoms with E-state index in [4.69, 9.17) is 4.74 Å². The molecule has 1 aromatic heterocycles. The number of aromatic nitrogens is 2. The fourth-order valence-corrected chi connectivity index (χ4v) is 2.10. The van der Waals surface area contributed by atoms with Crippen LogP contribution in [0.3, 0.4) is 0 Å². The number of nitrogens with zero attached hydrogens (tertiary/aromatic N) is 1. The molecular formula is C12H14BrN3O2. The van der Waals surface area contributed by atoms with Gasteiger partial charge in [-0.15, -0.1) is 0 Å². The van der Waals surface area contributed by atoms with Crippen molar-refractivity contribution in [2.45, 2.75) is 13.1 Å². The molecule has 0 aliphatic rings. The fourth-order valence-electron chi connectivity index (χ4n) is 1.61. The van der Waals surface area contributed by atoms with Crippen molar-refractivity contribution >= 4 is 15.9 Å². The van der Waals surface area contributed by atoms with Crippen molar-refractivity contribution in [2.24, 2.45) is 0 Å². The van der Waals surface area contributed by atoms with Crippen molar-refractivity contribution in [1.29, 1.82) is 0 Å². The van der Waals surface area contributed by atoms with Gasteiger partial charge in [0.05, 0.1) is 11.6 Å². The third kappa shape index (κ3) is 3.02. The van der Waals surface area contributed by atoms with Crippen molar-refractivity contribution in [1.82, 2.24) is 15.5 Å². The molecule has 0 saturated heterocycles. The first-order chi connectivity index (χ1) is 8.70. The smallest absolute Gasteiger partial charge is 0.172 e. The predicted octanol–water partition coefficient (Wildman–Crippen LogP) is 2.18. The Labute approximate surface area is 113 Å². The van der Waals surface area contributed by atoms with Gasteiger partial charge in [-0.1, -0.05) is 0 Å². The Bertz CT molecular complexity index is 514. The predicted molar refractivity (Wildman–Crippen MR) is 71.5 cm³/mol. The summed E-state index contributed by atoms with van der Waals surface area (Å²) in [5, 5.41) is 19.7. The van der Waals surface area contributed by atoms with Crippen molar-refractivity contribution in [3.63, 3.8) is 0 Å². The van der Waals surface area contributed by atoms with Crippen LogP contribution in [0.5, 0.6) is 11.5 Å². The van der Waals surface area contributed by atoms with Crippen LogP contribution in [0.1, 0.15) is 11.3 Å². The van der Waals surface area contributed by atoms with Gasteiger partial charge in [-0.3, -0.25) is 5.10 Å². The molecule has 0 amide bonds. The van der Waals surface area contributed by atoms with Crippen LogP contribution < -0.4 is 10.1 Å². The monoisotopic (exact) mass is 311 g/mol. The Morgan fingerprint density at radius 1 is 1.44 bits per heavy atom. The summed E-state index contributed by atoms with van der Waals surface area (Å²) in [5.41, 5.74) is 2.05. The third-order valence-electron chi connectivity index (χ3n) is 2.51. The third-order valence-corrected chi connectivity index (χ3v) is 3.12. The number of phenolic OH excluding ortho intramolecular Hbond substituents is 1. The van der Waals surface area contributed by atoms with E-state index in [1.54, 1.807) is 12.3 Å². The van der Waals surface area contributed by atoms with Crippen LogP contribution in [0, 0.1) is 0 Å². The maximum atomic E-state index is 9.69. The quantitative estimate of drug-likeness (QED) is 0.791. The number of hydrogen-bond donors (Lipinski definition) is 3. The van der Waals surface area contributed by atoms with E-state index >= 15 is 0 Å². The molecule has 0 aliphatic heterocycles. The summed E-state index contributed by atoms with van der Waals surface area (Å²) in [7, 11) is 1.53. The van der Waals surface area contributed by atoms with Gasteiger partial charge >= 0.3 is 0 Å². The molecule has 0 atom stereocenters. The lowest BCUT2D eigenvalue weighted by Crippen LogP contribution is -2.13. The van der Waals surface area contributed by atoms with Gasteiger partial charge in [0.1, 0.15) is 0 Å². The molecule has 18 heavy (non-hydrogen) atoms. The van der Waals surface area contributed by atoms with E-state index in [0.717, 1.165) is 11.3 Å². The number of aromatic hydroxyl groups is 1. The first-order valence-corrected chi connectivity index (χ1v) is 6.24. The van der Waals surface area contributed by atoms with Gasteiger partial charge in [-0.2, -0.15) is 5.10 Å². The van der Waals surface area contributed by atoms with Gasteiger partial charge < -0.3 is 15.2 Å². The van der Waals surface area contributed by atoms with Crippen LogP contribution in [0.25, 0.3) is 0 Å². The van der Waals surface area contributed by atoms with Crippen LogP contribution in [0.2, 0.25) is 0 Å². The molecule has 0 radical (unpaired) electrons. The highest BCUT2D eigenvalue weighted by Crippen LogP contribution is 2.35. The van der Waals surface area contributed by atoms with E-state index in [-0.39, 0.29) is 5.75 Å². The second kappa shape index (κ2) is 5.88. The molecule has 0 fully saturated rings. The maximum Gasteiger partial charge on any atom is 0.172 e. The van der Waals surface area contributed by atoms with E-state index in [0.29, 0.717) is 23.3 Å². The van der Waals surface area contributed by atoms with E-state index in [1.165, 1.54) is 7.11 Å². The lowest BCUT2D eigenvalue weighted by Gasteiger charge is -2.09. The van der Waals surface area contributed by atoms with E-state index in [1.807, 2.05) is 12.1 Å². The van der Waals surface area contributed by atoms with Gasteiger partial charge in [0.15, 0.2) is 11.5 Å². The SMILES string of the molecule is COc1cc(CNCc2ccn[nH]2)cc(Br)c1O. The average molecular weight is 312 g/mol. The molecular weight excluding hydrogens is 298 g/mol. The summed E-state index contributed by atoms with van der Waals surface area (Å²) in [6, 6.07) is 5.58. The number of halogens is 1. The van der Waals surface area contributed by atoms with Crippen molar-refractivity contribution in [2.75, 3.05) is 7.11 Å². The Morgan fingerprint density at radius 2 is 2.28 bits per heavy atom. The molecule has 1 heterocycles. The average Bonchev–Trinajstić information content (AvgIpc) is 2.86. The maximum absolute atomic E-state index is 9.69. The minimum absolute atomic E-state index is 0.120. The summed E-state index contributed by atoms with van der Waals surface area (Å²) in [5.74, 6) is 0.581. The van der Waals surface area contributed by atoms with E-state index in [9.17, 15) is 5.11 Å². The van der Waals surface area contributed by atoms with Gasteiger partial charge in [0.2, 0.25) is 0 Å². The molecule has 1 aromatic carbocycles. The number of benzene rings is 1. The Hall–Kier alpha value is -1.53. The molecule has 6 heteroatoms. The fraction of sp³-hybridized carbons (Fsp3) is 0.250. The number of rotatable bonds is 5. The van der Waals surface area contributed by atoms with Gasteiger partial charge in [-0.25, -0.2) is 0 Å². The van der Waals surface area contributed by atoms with Gasteiger partial charge in [0.25, 0.3) is 0 Å². The summed E-state index contributed by atoms with van der Waals surface area (Å²) in [6.07, 6.45) is 1.72. The van der Waals surface area contributed by atoms with Crippen molar-refractivity contribution in [3.8, 4) is 11.5 Å². The molecule has 0 saturated carbocycles. The van der Waals surface area contributed by atoms with Crippen LogP contribution in [-0.2, 0) is 13.1 Å². The lowest BCUT2D eigenvalue weighted by molar-refractivity contribution is 0.371. The van der Waals surface area contributed by atoms with Crippen LogP contribution >= 0.6 is 15.9 Å². The van der Waals surface area contributed by atoms with Gasteiger partial charge in [0, 0.05) is 25.0 Å². The minimum atomic E-state index is 0.120. The Balaban J connectivity index is 1.99. The molecule has 0 spiro atoms. The molecule has 2 rings (SSSR count). The first kappa shape index (κ1) is 12.9. The van der Waals surface area contributed by atoms with E-state index in [2.05, 4.69) is 31.4 Å². The van der Waals surface area contributed by atoms with Crippen molar-refractivity contribution < 1.29 is 9.84 Å². The summed E-state index contributed by atoms with van der Waals surface area (Å²) >= 11 is 3.29. The zero-order valence-corrected chi connectivity index (χ0v) is 11.5. The summed E-state index contributed by atoms with van der Waals surface area (Å²) in [4.78, 5) is 0. The minimum Gasteiger partial charge on any atom is -0.503 e. The van der Waals surface area contributed by atoms with Crippen LogP contribution in [0.15, 0.2) is 28.9 Å². The molecule has 0 unspecified atom stereocenters. The molecule has 2 aromatic rings. The summed E-state index contributed by atoms with van der Waals surface area (Å²) in [6.45, 7) is 1.38. The zero-order valence-electron chi connectivity index (χ0n) is 9.90. The van der Waals surface area contributed by atoms with Crippen LogP contribution in [0.4, 0.5) is 0 Å². The number of ether oxygens (including phenoxy) is 1. The van der Waals surface area contributed by atoms with Crippen molar-refractivity contribution in [3.05, 3.63) is 40.1 Å². The van der Waals surface area contributed by atoms with Gasteiger partial charge in [-0.05, 0) is 39.7 Å². The lowest BCUT2D eigenvalue weighted by atomic mass is 10.2. The van der Waals surface area contributed by atoms with E-state index < -0.39 is 0 Å². The molecule has 0 aliphatic carbocycles. The highest BCUT2D eigenvalue weighted by molar-refractivity contribution is 9.10. The Kier molecular flexibility index (Phi) is 4.22. The summed E-state index contributed by atoms with van der Waals surface area (Å²) < 4.78 is 5.72. The first-order valence-electron chi connectivity index (χ1n) is 5.45. The standard InChI is InChI=1S/C12H14BrN3O2/c1-18-11-5-8(4-10(13)12(11)17)6-14-7-9-2-3-15-16-9/h2-5,14,17H,6-7H2,1H3,(H,15,16). The normalized spacial score (nSPS) is 10.6. The second-order valence-electron chi connectivity index (χ2n) is 3.81. The number of phenols is 1. The number of aromatic amines is 1. The highest BCUT2D eigenvalue weighted by atomic mass is 79.9. The number of methoxy groups -OCH3 is 1. The second-order valence-corrected chi connectivity index (χ2v) is 4.67. The molecule has 5 nitrogen and oxygen atoms in total. The number of nitrogens with one attached hydrogen (secondary N) is 2. The molecule has 0 bridgehead atoms. The molecule has 3 N–H and O–H groups in total.